The summed E-state index contributed by atoms with van der Waals surface area (Å²) in [6, 6.07) is 0.241. The monoisotopic (exact) mass is 263 g/mol. The molecule has 0 radical (unpaired) electrons. The summed E-state index contributed by atoms with van der Waals surface area (Å²) in [5.41, 5.74) is 8.83. The number of hydrogen-bond acceptors (Lipinski definition) is 6. The number of rotatable bonds is 4. The van der Waals surface area contributed by atoms with Crippen LogP contribution in [0, 0.1) is 12.3 Å². The lowest BCUT2D eigenvalue weighted by atomic mass is 10.1. The molecule has 1 atom stereocenters. The molecular formula is C12H17N5S. The average molecular weight is 263 g/mol. The van der Waals surface area contributed by atoms with Crippen LogP contribution in [-0.2, 0) is 0 Å². The van der Waals surface area contributed by atoms with Gasteiger partial charge in [0.15, 0.2) is 0 Å². The van der Waals surface area contributed by atoms with E-state index >= 15 is 0 Å². The number of hydrogen-bond donors (Lipinski definition) is 3. The molecule has 6 heteroatoms. The summed E-state index contributed by atoms with van der Waals surface area (Å²) in [6.45, 7) is 4.03. The van der Waals surface area contributed by atoms with Crippen LogP contribution in [0.4, 0.5) is 5.95 Å². The molecule has 0 saturated carbocycles. The molecule has 0 amide bonds. The summed E-state index contributed by atoms with van der Waals surface area (Å²) in [5, 5.41) is 13.3. The molecular weight excluding hydrogens is 246 g/mol. The van der Waals surface area contributed by atoms with Gasteiger partial charge in [0, 0.05) is 12.5 Å². The fraction of sp³-hybridized carbons (Fsp3) is 0.417. The molecule has 2 heterocycles. The summed E-state index contributed by atoms with van der Waals surface area (Å²) >= 11 is 1.57. The van der Waals surface area contributed by atoms with Crippen molar-refractivity contribution >= 4 is 33.2 Å². The molecule has 0 bridgehead atoms. The summed E-state index contributed by atoms with van der Waals surface area (Å²) in [6.07, 6.45) is 0.624. The Kier molecular flexibility index (Phi) is 3.58. The molecule has 18 heavy (non-hydrogen) atoms. The number of aromatic nitrogens is 2. The zero-order chi connectivity index (χ0) is 13.3. The third-order valence-electron chi connectivity index (χ3n) is 2.90. The summed E-state index contributed by atoms with van der Waals surface area (Å²) in [5.74, 6) is 0.237. The second kappa shape index (κ2) is 4.99. The SMILES string of the molecule is CN[C@H](C)CC(=N)c1nc(N)nc2c(C)csc12. The maximum atomic E-state index is 8.17. The van der Waals surface area contributed by atoms with Gasteiger partial charge in [-0.05, 0) is 31.8 Å². The first-order valence-electron chi connectivity index (χ1n) is 5.79. The number of fused-ring (bicyclic) bond motifs is 1. The summed E-state index contributed by atoms with van der Waals surface area (Å²) < 4.78 is 0.954. The maximum Gasteiger partial charge on any atom is 0.221 e. The van der Waals surface area contributed by atoms with Gasteiger partial charge >= 0.3 is 0 Å². The predicted octanol–water partition coefficient (Wildman–Crippen LogP) is 1.95. The van der Waals surface area contributed by atoms with E-state index in [1.165, 1.54) is 0 Å². The number of nitrogens with two attached hydrogens (primary N) is 1. The van der Waals surface area contributed by atoms with Gasteiger partial charge in [-0.1, -0.05) is 0 Å². The van der Waals surface area contributed by atoms with Crippen LogP contribution in [0.2, 0.25) is 0 Å². The van der Waals surface area contributed by atoms with E-state index in [4.69, 9.17) is 11.1 Å². The van der Waals surface area contributed by atoms with E-state index < -0.39 is 0 Å². The van der Waals surface area contributed by atoms with Gasteiger partial charge in [-0.25, -0.2) is 9.97 Å². The topological polar surface area (TPSA) is 87.7 Å². The van der Waals surface area contributed by atoms with Crippen LogP contribution >= 0.6 is 11.3 Å². The Morgan fingerprint density at radius 3 is 2.94 bits per heavy atom. The van der Waals surface area contributed by atoms with Crippen molar-refractivity contribution in [1.29, 1.82) is 5.41 Å². The molecule has 0 aliphatic rings. The van der Waals surface area contributed by atoms with Crippen LogP contribution in [-0.4, -0.2) is 28.8 Å². The zero-order valence-electron chi connectivity index (χ0n) is 10.7. The van der Waals surface area contributed by atoms with Crippen LogP contribution in [0.25, 0.3) is 10.2 Å². The van der Waals surface area contributed by atoms with E-state index in [0.717, 1.165) is 15.8 Å². The van der Waals surface area contributed by atoms with E-state index in [0.29, 0.717) is 17.8 Å². The van der Waals surface area contributed by atoms with E-state index in [2.05, 4.69) is 15.3 Å². The van der Waals surface area contributed by atoms with Crippen LogP contribution in [0.5, 0.6) is 0 Å². The minimum absolute atomic E-state index is 0.237. The lowest BCUT2D eigenvalue weighted by Gasteiger charge is -2.11. The van der Waals surface area contributed by atoms with Crippen LogP contribution in [0.3, 0.4) is 0 Å². The van der Waals surface area contributed by atoms with Crippen molar-refractivity contribution < 1.29 is 0 Å². The number of anilines is 1. The highest BCUT2D eigenvalue weighted by Gasteiger charge is 2.15. The lowest BCUT2D eigenvalue weighted by Crippen LogP contribution is -2.25. The summed E-state index contributed by atoms with van der Waals surface area (Å²) in [7, 11) is 1.89. The molecule has 2 aromatic heterocycles. The van der Waals surface area contributed by atoms with E-state index in [1.54, 1.807) is 11.3 Å². The molecule has 0 spiro atoms. The first kappa shape index (κ1) is 12.9. The predicted molar refractivity (Wildman–Crippen MR) is 76.5 cm³/mol. The van der Waals surface area contributed by atoms with Gasteiger partial charge in [0.25, 0.3) is 0 Å². The van der Waals surface area contributed by atoms with Crippen LogP contribution < -0.4 is 11.1 Å². The normalized spacial score (nSPS) is 12.8. The Labute approximate surface area is 110 Å². The third kappa shape index (κ3) is 2.34. The van der Waals surface area contributed by atoms with E-state index in [1.807, 2.05) is 26.3 Å². The van der Waals surface area contributed by atoms with Crippen molar-refractivity contribution in [2.75, 3.05) is 12.8 Å². The number of aryl methyl sites for hydroxylation is 1. The van der Waals surface area contributed by atoms with Gasteiger partial charge in [-0.2, -0.15) is 0 Å². The minimum Gasteiger partial charge on any atom is -0.368 e. The number of nitrogens with one attached hydrogen (secondary N) is 2. The lowest BCUT2D eigenvalue weighted by molar-refractivity contribution is 0.632. The number of thiophene rings is 1. The van der Waals surface area contributed by atoms with Gasteiger partial charge < -0.3 is 16.5 Å². The van der Waals surface area contributed by atoms with Gasteiger partial charge in [-0.3, -0.25) is 0 Å². The van der Waals surface area contributed by atoms with Crippen LogP contribution in [0.15, 0.2) is 5.38 Å². The molecule has 2 aromatic rings. The fourth-order valence-electron chi connectivity index (χ4n) is 1.76. The molecule has 0 saturated heterocycles. The maximum absolute atomic E-state index is 8.17. The van der Waals surface area contributed by atoms with E-state index in [9.17, 15) is 0 Å². The average Bonchev–Trinajstić information content (AvgIpc) is 2.70. The van der Waals surface area contributed by atoms with E-state index in [-0.39, 0.29) is 12.0 Å². The van der Waals surface area contributed by atoms with Gasteiger partial charge in [0.05, 0.1) is 15.9 Å². The highest BCUT2D eigenvalue weighted by Crippen LogP contribution is 2.27. The zero-order valence-corrected chi connectivity index (χ0v) is 11.6. The third-order valence-corrected chi connectivity index (χ3v) is 3.99. The summed E-state index contributed by atoms with van der Waals surface area (Å²) in [4.78, 5) is 8.47. The van der Waals surface area contributed by atoms with Crippen molar-refractivity contribution in [1.82, 2.24) is 15.3 Å². The Bertz CT molecular complexity index is 589. The standard InChI is InChI=1S/C12H17N5S/c1-6-5-18-11-9(6)16-12(14)17-10(11)8(13)4-7(2)15-3/h5,7,13,15H,4H2,1-3H3,(H2,14,16,17)/t7-/m1/s1. The van der Waals surface area contributed by atoms with Gasteiger partial charge in [-0.15, -0.1) is 11.3 Å². The Hall–Kier alpha value is -1.53. The molecule has 0 fully saturated rings. The molecule has 2 rings (SSSR count). The van der Waals surface area contributed by atoms with Crippen molar-refractivity contribution in [3.63, 3.8) is 0 Å². The molecule has 5 nitrogen and oxygen atoms in total. The van der Waals surface area contributed by atoms with Gasteiger partial charge in [0.1, 0.15) is 5.69 Å². The Morgan fingerprint density at radius 2 is 2.28 bits per heavy atom. The van der Waals surface area contributed by atoms with Crippen molar-refractivity contribution in [3.05, 3.63) is 16.6 Å². The Morgan fingerprint density at radius 1 is 1.56 bits per heavy atom. The largest absolute Gasteiger partial charge is 0.368 e. The molecule has 0 aromatic carbocycles. The van der Waals surface area contributed by atoms with Gasteiger partial charge in [0.2, 0.25) is 5.95 Å². The molecule has 96 valence electrons. The first-order chi connectivity index (χ1) is 8.52. The molecule has 0 aliphatic carbocycles. The number of nitrogens with zero attached hydrogens (tertiary/aromatic N) is 2. The second-order valence-corrected chi connectivity index (χ2v) is 5.28. The van der Waals surface area contributed by atoms with Crippen molar-refractivity contribution in [3.8, 4) is 0 Å². The first-order valence-corrected chi connectivity index (χ1v) is 6.67. The Balaban J connectivity index is 2.47. The minimum atomic E-state index is 0.237. The molecule has 4 N–H and O–H groups in total. The molecule has 0 aliphatic heterocycles. The highest BCUT2D eigenvalue weighted by molar-refractivity contribution is 7.17. The van der Waals surface area contributed by atoms with Crippen LogP contribution in [0.1, 0.15) is 24.6 Å². The number of nitrogen functional groups attached to an aromatic ring is 1. The quantitative estimate of drug-likeness (QED) is 0.736. The van der Waals surface area contributed by atoms with Crippen molar-refractivity contribution in [2.24, 2.45) is 0 Å². The highest BCUT2D eigenvalue weighted by atomic mass is 32.1. The smallest absolute Gasteiger partial charge is 0.221 e. The fourth-order valence-corrected chi connectivity index (χ4v) is 2.76. The molecule has 0 unspecified atom stereocenters. The van der Waals surface area contributed by atoms with Crippen molar-refractivity contribution in [2.45, 2.75) is 26.3 Å². The second-order valence-electron chi connectivity index (χ2n) is 4.40.